The number of carbonyl (C=O) groups excluding carboxylic acids is 1. The van der Waals surface area contributed by atoms with Crippen LogP contribution in [0.5, 0.6) is 0 Å². The van der Waals surface area contributed by atoms with E-state index in [1.165, 1.54) is 12.1 Å². The highest BCUT2D eigenvalue weighted by Gasteiger charge is 2.51. The average molecular weight is 331 g/mol. The molecule has 0 saturated carbocycles. The summed E-state index contributed by atoms with van der Waals surface area (Å²) in [6.45, 7) is 1.06. The molecular weight excluding hydrogens is 311 g/mol. The Morgan fingerprint density at radius 1 is 1.26 bits per heavy atom. The molecule has 2 rings (SSSR count). The van der Waals surface area contributed by atoms with Gasteiger partial charge in [0.15, 0.2) is 5.60 Å². The maximum Gasteiger partial charge on any atom is 0.421 e. The van der Waals surface area contributed by atoms with E-state index >= 15 is 0 Å². The Morgan fingerprint density at radius 2 is 1.87 bits per heavy atom. The zero-order valence-corrected chi connectivity index (χ0v) is 12.8. The first-order valence-electron chi connectivity index (χ1n) is 7.50. The molecule has 23 heavy (non-hydrogen) atoms. The van der Waals surface area contributed by atoms with Crippen LogP contribution in [0.3, 0.4) is 0 Å². The van der Waals surface area contributed by atoms with Gasteiger partial charge in [-0.25, -0.2) is 0 Å². The number of aliphatic hydroxyl groups is 2. The molecule has 1 aliphatic heterocycles. The van der Waals surface area contributed by atoms with Crippen LogP contribution >= 0.6 is 0 Å². The van der Waals surface area contributed by atoms with Gasteiger partial charge < -0.3 is 15.1 Å². The number of piperidine rings is 1. The molecule has 0 radical (unpaired) electrons. The molecule has 1 amide bonds. The maximum absolute atomic E-state index is 12.8. The van der Waals surface area contributed by atoms with Crippen molar-refractivity contribution in [3.63, 3.8) is 0 Å². The minimum atomic E-state index is -4.80. The molecular formula is C16H20F3NO3. The number of alkyl halides is 3. The standard InChI is InChI=1S/C16H20F3NO3/c1-15(23,16(17,18)19)12-7-5-11(6-8-12)14(22)20-9-3-2-4-13(20)10-21/h5-8,13,21,23H,2-4,9-10H2,1H3. The number of hydrogen-bond donors (Lipinski definition) is 2. The third-order valence-electron chi connectivity index (χ3n) is 4.34. The van der Waals surface area contributed by atoms with Crippen LogP contribution in [0.4, 0.5) is 13.2 Å². The Hall–Kier alpha value is -1.60. The van der Waals surface area contributed by atoms with E-state index in [0.29, 0.717) is 19.9 Å². The molecule has 2 unspecified atom stereocenters. The number of nitrogens with zero attached hydrogens (tertiary/aromatic N) is 1. The van der Waals surface area contributed by atoms with Crippen LogP contribution in [0.15, 0.2) is 24.3 Å². The summed E-state index contributed by atoms with van der Waals surface area (Å²) >= 11 is 0. The minimum absolute atomic E-state index is 0.132. The maximum atomic E-state index is 12.8. The molecule has 1 heterocycles. The Morgan fingerprint density at radius 3 is 2.39 bits per heavy atom. The van der Waals surface area contributed by atoms with Crippen LogP contribution in [0.2, 0.25) is 0 Å². The number of rotatable bonds is 3. The van der Waals surface area contributed by atoms with Crippen LogP contribution in [-0.4, -0.2) is 46.4 Å². The molecule has 0 aliphatic carbocycles. The van der Waals surface area contributed by atoms with Crippen molar-refractivity contribution in [2.45, 2.75) is 44.0 Å². The van der Waals surface area contributed by atoms with Crippen molar-refractivity contribution in [1.29, 1.82) is 0 Å². The fraction of sp³-hybridized carbons (Fsp3) is 0.562. The van der Waals surface area contributed by atoms with Gasteiger partial charge in [0.05, 0.1) is 12.6 Å². The lowest BCUT2D eigenvalue weighted by molar-refractivity contribution is -0.258. The summed E-state index contributed by atoms with van der Waals surface area (Å²) in [6.07, 6.45) is -2.32. The lowest BCUT2D eigenvalue weighted by Crippen LogP contribution is -2.45. The van der Waals surface area contributed by atoms with Gasteiger partial charge in [-0.2, -0.15) is 13.2 Å². The van der Waals surface area contributed by atoms with E-state index in [1.54, 1.807) is 4.90 Å². The number of carbonyl (C=O) groups is 1. The average Bonchev–Trinajstić information content (AvgIpc) is 2.53. The summed E-state index contributed by atoms with van der Waals surface area (Å²) in [5, 5.41) is 19.0. The summed E-state index contributed by atoms with van der Waals surface area (Å²) in [5.41, 5.74) is -3.04. The van der Waals surface area contributed by atoms with Gasteiger partial charge in [-0.3, -0.25) is 4.79 Å². The quantitative estimate of drug-likeness (QED) is 0.894. The zero-order valence-electron chi connectivity index (χ0n) is 12.8. The summed E-state index contributed by atoms with van der Waals surface area (Å²) in [5.74, 6) is -0.318. The molecule has 0 aromatic heterocycles. The van der Waals surface area contributed by atoms with Crippen LogP contribution < -0.4 is 0 Å². The van der Waals surface area contributed by atoms with Crippen molar-refractivity contribution in [1.82, 2.24) is 4.90 Å². The first-order valence-corrected chi connectivity index (χ1v) is 7.50. The summed E-state index contributed by atoms with van der Waals surface area (Å²) < 4.78 is 38.4. The van der Waals surface area contributed by atoms with Gasteiger partial charge in [-0.15, -0.1) is 0 Å². The van der Waals surface area contributed by atoms with E-state index in [0.717, 1.165) is 25.0 Å². The third kappa shape index (κ3) is 3.50. The molecule has 0 spiro atoms. The van der Waals surface area contributed by atoms with Crippen molar-refractivity contribution >= 4 is 5.91 Å². The second kappa shape index (κ2) is 6.49. The van der Waals surface area contributed by atoms with Gasteiger partial charge in [0.1, 0.15) is 0 Å². The first-order chi connectivity index (χ1) is 10.7. The predicted octanol–water partition coefficient (Wildman–Crippen LogP) is 2.44. The fourth-order valence-electron chi connectivity index (χ4n) is 2.72. The Balaban J connectivity index is 2.21. The monoisotopic (exact) mass is 331 g/mol. The Labute approximate surface area is 132 Å². The summed E-state index contributed by atoms with van der Waals surface area (Å²) in [6, 6.07) is 4.52. The lowest BCUT2D eigenvalue weighted by atomic mass is 9.94. The zero-order chi connectivity index (χ0) is 17.3. The van der Waals surface area contributed by atoms with E-state index in [1.807, 2.05) is 0 Å². The van der Waals surface area contributed by atoms with E-state index < -0.39 is 11.8 Å². The molecule has 1 fully saturated rings. The summed E-state index contributed by atoms with van der Waals surface area (Å²) in [7, 11) is 0. The van der Waals surface area contributed by atoms with E-state index in [9.17, 15) is 28.2 Å². The van der Waals surface area contributed by atoms with Crippen LogP contribution in [0.1, 0.15) is 42.1 Å². The molecule has 0 bridgehead atoms. The third-order valence-corrected chi connectivity index (χ3v) is 4.34. The van der Waals surface area contributed by atoms with Gasteiger partial charge in [0, 0.05) is 12.1 Å². The molecule has 1 aliphatic rings. The molecule has 2 atom stereocenters. The Bertz CT molecular complexity index is 555. The van der Waals surface area contributed by atoms with Gasteiger partial charge >= 0.3 is 6.18 Å². The number of halogens is 3. The largest absolute Gasteiger partial charge is 0.421 e. The van der Waals surface area contributed by atoms with Crippen molar-refractivity contribution in [2.75, 3.05) is 13.2 Å². The molecule has 1 aromatic carbocycles. The van der Waals surface area contributed by atoms with Crippen LogP contribution in [-0.2, 0) is 5.60 Å². The van der Waals surface area contributed by atoms with Gasteiger partial charge in [-0.1, -0.05) is 12.1 Å². The molecule has 128 valence electrons. The molecule has 7 heteroatoms. The normalized spacial score (nSPS) is 21.8. The van der Waals surface area contributed by atoms with Crippen molar-refractivity contribution in [3.05, 3.63) is 35.4 Å². The Kier molecular flexibility index (Phi) is 5.01. The van der Waals surface area contributed by atoms with Crippen molar-refractivity contribution in [2.24, 2.45) is 0 Å². The molecule has 2 N–H and O–H groups in total. The highest BCUT2D eigenvalue weighted by Crippen LogP contribution is 2.38. The van der Waals surface area contributed by atoms with Crippen molar-refractivity contribution in [3.8, 4) is 0 Å². The van der Waals surface area contributed by atoms with E-state index in [4.69, 9.17) is 0 Å². The lowest BCUT2D eigenvalue weighted by Gasteiger charge is -2.34. The highest BCUT2D eigenvalue weighted by atomic mass is 19.4. The summed E-state index contributed by atoms with van der Waals surface area (Å²) in [4.78, 5) is 14.0. The SMILES string of the molecule is CC(O)(c1ccc(C(=O)N2CCCCC2CO)cc1)C(F)(F)F. The van der Waals surface area contributed by atoms with Gasteiger partial charge in [0.25, 0.3) is 5.91 Å². The first kappa shape index (κ1) is 17.7. The number of benzene rings is 1. The van der Waals surface area contributed by atoms with Gasteiger partial charge in [-0.05, 0) is 43.9 Å². The highest BCUT2D eigenvalue weighted by molar-refractivity contribution is 5.94. The van der Waals surface area contributed by atoms with E-state index in [2.05, 4.69) is 0 Å². The number of aliphatic hydroxyl groups excluding tert-OH is 1. The predicted molar refractivity (Wildman–Crippen MR) is 77.8 cm³/mol. The van der Waals surface area contributed by atoms with Crippen molar-refractivity contribution < 1.29 is 28.2 Å². The fourth-order valence-corrected chi connectivity index (χ4v) is 2.72. The number of likely N-dealkylation sites (tertiary alicyclic amines) is 1. The second-order valence-corrected chi connectivity index (χ2v) is 5.98. The van der Waals surface area contributed by atoms with Gasteiger partial charge in [0.2, 0.25) is 0 Å². The molecule has 1 aromatic rings. The minimum Gasteiger partial charge on any atom is -0.394 e. The van der Waals surface area contributed by atoms with Crippen LogP contribution in [0, 0.1) is 0 Å². The number of amides is 1. The second-order valence-electron chi connectivity index (χ2n) is 5.98. The van der Waals surface area contributed by atoms with E-state index in [-0.39, 0.29) is 29.7 Å². The number of hydrogen-bond acceptors (Lipinski definition) is 3. The topological polar surface area (TPSA) is 60.8 Å². The van der Waals surface area contributed by atoms with Crippen LogP contribution in [0.25, 0.3) is 0 Å². The molecule has 4 nitrogen and oxygen atoms in total. The smallest absolute Gasteiger partial charge is 0.394 e. The molecule has 1 saturated heterocycles.